The number of benzene rings is 1. The summed E-state index contributed by atoms with van der Waals surface area (Å²) in [6.45, 7) is 9.14. The van der Waals surface area contributed by atoms with Crippen molar-refractivity contribution in [2.75, 3.05) is 6.54 Å². The summed E-state index contributed by atoms with van der Waals surface area (Å²) in [6.07, 6.45) is 13.0. The quantitative estimate of drug-likeness (QED) is 0.499. The highest BCUT2D eigenvalue weighted by molar-refractivity contribution is 5.96. The number of fused-ring (bicyclic) bond motifs is 1. The Morgan fingerprint density at radius 3 is 2.50 bits per heavy atom. The predicted octanol–water partition coefficient (Wildman–Crippen LogP) is 6.96. The number of carbonyl (C=O) groups is 1. The topological polar surface area (TPSA) is 57.8 Å². The Morgan fingerprint density at radius 1 is 1.09 bits per heavy atom. The first-order valence-corrected chi connectivity index (χ1v) is 12.7. The monoisotopic (exact) mass is 435 g/mol. The van der Waals surface area contributed by atoms with Crippen molar-refractivity contribution in [2.24, 2.45) is 11.8 Å². The second kappa shape index (κ2) is 12.0. The van der Waals surface area contributed by atoms with Crippen LogP contribution in [0.3, 0.4) is 0 Å². The van der Waals surface area contributed by atoms with Crippen molar-refractivity contribution >= 4 is 17.6 Å². The third kappa shape index (κ3) is 6.11. The summed E-state index contributed by atoms with van der Waals surface area (Å²) in [5.74, 6) is 1.29. The van der Waals surface area contributed by atoms with Crippen LogP contribution in [0.25, 0.3) is 11.6 Å². The van der Waals surface area contributed by atoms with Crippen LogP contribution in [0.15, 0.2) is 24.3 Å². The third-order valence-electron chi connectivity index (χ3n) is 6.98. The molecule has 4 heteroatoms. The number of aromatic amines is 1. The molecule has 2 N–H and O–H groups in total. The van der Waals surface area contributed by atoms with Gasteiger partial charge in [0.25, 0.3) is 5.91 Å². The number of nitrogens with one attached hydrogen (secondary N) is 2. The van der Waals surface area contributed by atoms with E-state index in [4.69, 9.17) is 0 Å². The van der Waals surface area contributed by atoms with E-state index in [1.54, 1.807) is 0 Å². The standard InChI is InChI=1S/C26H35N3O.C2H6/c1-18-12-14-20(15-13-18)16-22-10-6-7-11-23-24(22)28-29-25(23)26(30)27-17-19(2)21-8-4-3-5-9-21;1-2/h12-16,19,21H,3-11,17H2,1-2H3,(H,27,30)(H,28,29);1-2H3/b22-16+;. The van der Waals surface area contributed by atoms with E-state index in [9.17, 15) is 4.79 Å². The van der Waals surface area contributed by atoms with Crippen molar-refractivity contribution in [3.63, 3.8) is 0 Å². The molecule has 1 aromatic heterocycles. The summed E-state index contributed by atoms with van der Waals surface area (Å²) in [4.78, 5) is 13.0. The molecule has 1 saturated carbocycles. The van der Waals surface area contributed by atoms with E-state index < -0.39 is 0 Å². The average molecular weight is 436 g/mol. The van der Waals surface area contributed by atoms with Crippen molar-refractivity contribution in [3.05, 3.63) is 52.3 Å². The van der Waals surface area contributed by atoms with Crippen LogP contribution in [0.1, 0.15) is 105 Å². The smallest absolute Gasteiger partial charge is 0.269 e. The van der Waals surface area contributed by atoms with E-state index in [0.717, 1.165) is 49.4 Å². The molecule has 2 aliphatic carbocycles. The molecule has 0 saturated heterocycles. The Morgan fingerprint density at radius 2 is 1.78 bits per heavy atom. The van der Waals surface area contributed by atoms with Crippen LogP contribution in [0, 0.1) is 18.8 Å². The van der Waals surface area contributed by atoms with Gasteiger partial charge in [0, 0.05) is 12.1 Å². The number of amides is 1. The maximum Gasteiger partial charge on any atom is 0.269 e. The van der Waals surface area contributed by atoms with Gasteiger partial charge in [-0.25, -0.2) is 0 Å². The number of nitrogens with zero attached hydrogens (tertiary/aromatic N) is 1. The molecule has 2 aliphatic rings. The Balaban J connectivity index is 0.00000141. The normalized spacial score (nSPS) is 18.8. The molecule has 2 aromatic rings. The highest BCUT2D eigenvalue weighted by Gasteiger charge is 2.25. The van der Waals surface area contributed by atoms with Crippen LogP contribution >= 0.6 is 0 Å². The van der Waals surface area contributed by atoms with E-state index >= 15 is 0 Å². The van der Waals surface area contributed by atoms with Gasteiger partial charge in [-0.1, -0.05) is 82.7 Å². The summed E-state index contributed by atoms with van der Waals surface area (Å²) in [5, 5.41) is 10.9. The molecule has 1 aromatic carbocycles. The number of allylic oxidation sites excluding steroid dienone is 1. The molecule has 174 valence electrons. The zero-order valence-corrected chi connectivity index (χ0v) is 20.5. The molecule has 32 heavy (non-hydrogen) atoms. The Kier molecular flexibility index (Phi) is 9.13. The predicted molar refractivity (Wildman–Crippen MR) is 135 cm³/mol. The third-order valence-corrected chi connectivity index (χ3v) is 6.98. The van der Waals surface area contributed by atoms with Gasteiger partial charge in [-0.3, -0.25) is 9.89 Å². The van der Waals surface area contributed by atoms with Gasteiger partial charge in [0.2, 0.25) is 0 Å². The fourth-order valence-corrected chi connectivity index (χ4v) is 5.01. The van der Waals surface area contributed by atoms with Crippen LogP contribution < -0.4 is 5.32 Å². The molecule has 1 heterocycles. The molecule has 4 rings (SSSR count). The lowest BCUT2D eigenvalue weighted by Gasteiger charge is -2.27. The van der Waals surface area contributed by atoms with Crippen LogP contribution in [-0.4, -0.2) is 22.6 Å². The van der Waals surface area contributed by atoms with Crippen molar-refractivity contribution in [1.82, 2.24) is 15.5 Å². The van der Waals surface area contributed by atoms with E-state index in [2.05, 4.69) is 59.7 Å². The van der Waals surface area contributed by atoms with E-state index in [1.165, 1.54) is 48.8 Å². The first-order chi connectivity index (χ1) is 15.6. The number of rotatable bonds is 5. The summed E-state index contributed by atoms with van der Waals surface area (Å²) < 4.78 is 0. The van der Waals surface area contributed by atoms with Gasteiger partial charge in [-0.05, 0) is 61.7 Å². The second-order valence-corrected chi connectivity index (χ2v) is 9.30. The molecule has 0 aliphatic heterocycles. The number of H-pyrrole nitrogens is 1. The van der Waals surface area contributed by atoms with Gasteiger partial charge in [-0.15, -0.1) is 0 Å². The number of carbonyl (C=O) groups excluding carboxylic acids is 1. The van der Waals surface area contributed by atoms with Gasteiger partial charge >= 0.3 is 0 Å². The molecule has 1 fully saturated rings. The average Bonchev–Trinajstić information content (AvgIpc) is 3.16. The number of hydrogen-bond acceptors (Lipinski definition) is 2. The summed E-state index contributed by atoms with van der Waals surface area (Å²) in [6, 6.07) is 8.58. The SMILES string of the molecule is CC.Cc1ccc(/C=C2\CCCCc3c2n[nH]c3C(=O)NCC(C)C2CCCCC2)cc1. The zero-order chi connectivity index (χ0) is 22.9. The lowest BCUT2D eigenvalue weighted by Crippen LogP contribution is -2.32. The second-order valence-electron chi connectivity index (χ2n) is 9.30. The van der Waals surface area contributed by atoms with Crippen LogP contribution in [0.4, 0.5) is 0 Å². The lowest BCUT2D eigenvalue weighted by atomic mass is 9.81. The maximum atomic E-state index is 13.0. The van der Waals surface area contributed by atoms with Gasteiger partial charge in [0.1, 0.15) is 5.69 Å². The number of aromatic nitrogens is 2. The van der Waals surface area contributed by atoms with Crippen LogP contribution in [0.5, 0.6) is 0 Å². The minimum atomic E-state index is 0.00277. The van der Waals surface area contributed by atoms with Crippen molar-refractivity contribution in [3.8, 4) is 0 Å². The summed E-state index contributed by atoms with van der Waals surface area (Å²) in [5.41, 5.74) is 6.43. The Bertz CT molecular complexity index is 888. The first kappa shape index (κ1) is 24.3. The first-order valence-electron chi connectivity index (χ1n) is 12.7. The van der Waals surface area contributed by atoms with Gasteiger partial charge in [0.15, 0.2) is 0 Å². The van der Waals surface area contributed by atoms with Gasteiger partial charge in [0.05, 0.1) is 5.69 Å². The minimum absolute atomic E-state index is 0.00277. The highest BCUT2D eigenvalue weighted by Crippen LogP contribution is 2.32. The number of aryl methyl sites for hydroxylation is 1. The molecular formula is C28H41N3O. The molecule has 1 unspecified atom stereocenters. The van der Waals surface area contributed by atoms with Gasteiger partial charge in [-0.2, -0.15) is 5.10 Å². The Hall–Kier alpha value is -2.36. The van der Waals surface area contributed by atoms with Crippen LogP contribution in [0.2, 0.25) is 0 Å². The molecule has 1 atom stereocenters. The molecular weight excluding hydrogens is 394 g/mol. The minimum Gasteiger partial charge on any atom is -0.350 e. The lowest BCUT2D eigenvalue weighted by molar-refractivity contribution is 0.0934. The molecule has 0 spiro atoms. The van der Waals surface area contributed by atoms with Crippen molar-refractivity contribution < 1.29 is 4.79 Å². The molecule has 1 amide bonds. The molecule has 0 radical (unpaired) electrons. The van der Waals surface area contributed by atoms with Crippen LogP contribution in [-0.2, 0) is 6.42 Å². The fraction of sp³-hybridized carbons (Fsp3) is 0.571. The van der Waals surface area contributed by atoms with E-state index in [-0.39, 0.29) is 5.91 Å². The Labute approximate surface area is 194 Å². The molecule has 0 bridgehead atoms. The van der Waals surface area contributed by atoms with E-state index in [0.29, 0.717) is 11.6 Å². The largest absolute Gasteiger partial charge is 0.350 e. The number of hydrogen-bond donors (Lipinski definition) is 2. The maximum absolute atomic E-state index is 13.0. The fourth-order valence-electron chi connectivity index (χ4n) is 5.01. The summed E-state index contributed by atoms with van der Waals surface area (Å²) in [7, 11) is 0. The van der Waals surface area contributed by atoms with Gasteiger partial charge < -0.3 is 5.32 Å². The highest BCUT2D eigenvalue weighted by atomic mass is 16.1. The zero-order valence-electron chi connectivity index (χ0n) is 20.5. The van der Waals surface area contributed by atoms with Crippen molar-refractivity contribution in [1.29, 1.82) is 0 Å². The summed E-state index contributed by atoms with van der Waals surface area (Å²) >= 11 is 0. The molecule has 4 nitrogen and oxygen atoms in total. The van der Waals surface area contributed by atoms with E-state index in [1.807, 2.05) is 13.8 Å². The van der Waals surface area contributed by atoms with Crippen molar-refractivity contribution in [2.45, 2.75) is 85.5 Å².